The van der Waals surface area contributed by atoms with E-state index in [1.807, 2.05) is 20.8 Å². The molecule has 0 saturated carbocycles. The van der Waals surface area contributed by atoms with Crippen molar-refractivity contribution in [3.8, 4) is 0 Å². The maximum atomic E-state index is 12.2. The zero-order valence-electron chi connectivity index (χ0n) is 20.1. The van der Waals surface area contributed by atoms with Gasteiger partial charge in [-0.2, -0.15) is 0 Å². The predicted octanol–water partition coefficient (Wildman–Crippen LogP) is 5.36. The molecule has 0 aromatic heterocycles. The third-order valence-electron chi connectivity index (χ3n) is 4.99. The second-order valence-corrected chi connectivity index (χ2v) is 8.96. The zero-order valence-corrected chi connectivity index (χ0v) is 20.1. The summed E-state index contributed by atoms with van der Waals surface area (Å²) in [6, 6.07) is 3.46. The Balaban J connectivity index is 2.84. The molecule has 6 nitrogen and oxygen atoms in total. The first-order valence-electron chi connectivity index (χ1n) is 11.3. The SMILES string of the molecule is CCCc1c(C(=O)OC)ccc(N)c1C=NCC(CCC)CCCC(=O)OC(C)(C)C. The zero-order chi connectivity index (χ0) is 23.4. The minimum atomic E-state index is -0.445. The molecule has 0 spiro atoms. The lowest BCUT2D eigenvalue weighted by Crippen LogP contribution is -2.23. The van der Waals surface area contributed by atoms with Crippen LogP contribution < -0.4 is 5.73 Å². The topological polar surface area (TPSA) is 91.0 Å². The molecule has 0 aliphatic rings. The molecule has 1 unspecified atom stereocenters. The Bertz CT molecular complexity index is 751. The average Bonchev–Trinajstić information content (AvgIpc) is 2.68. The highest BCUT2D eigenvalue weighted by Crippen LogP contribution is 2.23. The molecule has 1 aromatic rings. The smallest absolute Gasteiger partial charge is 0.338 e. The van der Waals surface area contributed by atoms with Crippen molar-refractivity contribution in [3.05, 3.63) is 28.8 Å². The second kappa shape index (κ2) is 13.1. The molecule has 1 atom stereocenters. The van der Waals surface area contributed by atoms with Gasteiger partial charge in [-0.3, -0.25) is 9.79 Å². The largest absolute Gasteiger partial charge is 0.465 e. The van der Waals surface area contributed by atoms with Crippen LogP contribution in [-0.2, 0) is 20.7 Å². The lowest BCUT2D eigenvalue weighted by Gasteiger charge is -2.20. The molecule has 0 aliphatic heterocycles. The molecule has 0 amide bonds. The third-order valence-corrected chi connectivity index (χ3v) is 4.99. The van der Waals surface area contributed by atoms with Crippen LogP contribution in [0.4, 0.5) is 5.69 Å². The molecular weight excluding hydrogens is 392 g/mol. The molecule has 0 aliphatic carbocycles. The van der Waals surface area contributed by atoms with E-state index in [-0.39, 0.29) is 11.9 Å². The molecule has 0 fully saturated rings. The number of ether oxygens (including phenoxy) is 2. The summed E-state index contributed by atoms with van der Waals surface area (Å²) in [5, 5.41) is 0. The fourth-order valence-corrected chi connectivity index (χ4v) is 3.61. The normalized spacial score (nSPS) is 12.7. The summed E-state index contributed by atoms with van der Waals surface area (Å²) < 4.78 is 10.3. The molecule has 1 aromatic carbocycles. The number of rotatable bonds is 12. The monoisotopic (exact) mass is 432 g/mol. The first-order valence-corrected chi connectivity index (χ1v) is 11.3. The Morgan fingerprint density at radius 2 is 1.87 bits per heavy atom. The molecule has 174 valence electrons. The van der Waals surface area contributed by atoms with Gasteiger partial charge in [0.05, 0.1) is 12.7 Å². The average molecular weight is 433 g/mol. The molecular formula is C25H40N2O4. The van der Waals surface area contributed by atoms with E-state index in [1.54, 1.807) is 18.3 Å². The van der Waals surface area contributed by atoms with Crippen molar-refractivity contribution >= 4 is 23.8 Å². The van der Waals surface area contributed by atoms with Crippen molar-refractivity contribution in [2.45, 2.75) is 85.2 Å². The van der Waals surface area contributed by atoms with E-state index in [2.05, 4.69) is 18.8 Å². The number of methoxy groups -OCH3 is 1. The summed E-state index contributed by atoms with van der Waals surface area (Å²) in [4.78, 5) is 28.8. The van der Waals surface area contributed by atoms with Crippen molar-refractivity contribution < 1.29 is 19.1 Å². The number of aliphatic imine (C=N–C) groups is 1. The summed E-state index contributed by atoms with van der Waals surface area (Å²) in [5.41, 5.74) is 8.60. The van der Waals surface area contributed by atoms with Gasteiger partial charge in [0.1, 0.15) is 5.60 Å². The van der Waals surface area contributed by atoms with E-state index in [0.717, 1.165) is 49.7 Å². The summed E-state index contributed by atoms with van der Waals surface area (Å²) in [6.07, 6.45) is 7.65. The number of esters is 2. The van der Waals surface area contributed by atoms with Crippen molar-refractivity contribution in [3.63, 3.8) is 0 Å². The van der Waals surface area contributed by atoms with Gasteiger partial charge in [-0.15, -0.1) is 0 Å². The van der Waals surface area contributed by atoms with E-state index in [9.17, 15) is 9.59 Å². The van der Waals surface area contributed by atoms with E-state index in [4.69, 9.17) is 15.2 Å². The fraction of sp³-hybridized carbons (Fsp3) is 0.640. The van der Waals surface area contributed by atoms with Gasteiger partial charge < -0.3 is 15.2 Å². The number of carbonyl (C=O) groups excluding carboxylic acids is 2. The molecule has 0 heterocycles. The number of nitrogen functional groups attached to an aromatic ring is 1. The number of hydrogen-bond acceptors (Lipinski definition) is 6. The van der Waals surface area contributed by atoms with Crippen molar-refractivity contribution in [1.29, 1.82) is 0 Å². The van der Waals surface area contributed by atoms with Crippen LogP contribution in [0.15, 0.2) is 17.1 Å². The van der Waals surface area contributed by atoms with Crippen LogP contribution in [0.25, 0.3) is 0 Å². The number of carbonyl (C=O) groups is 2. The number of nitrogens with zero attached hydrogens (tertiary/aromatic N) is 1. The standard InChI is InChI=1S/C25H40N2O4/c1-7-10-18(12-9-13-23(28)31-25(3,4)5)16-27-17-21-19(11-8-2)20(24(29)30-6)14-15-22(21)26/h14-15,17-18H,7-13,16,26H2,1-6H3. The van der Waals surface area contributed by atoms with Gasteiger partial charge in [-0.25, -0.2) is 4.79 Å². The minimum absolute atomic E-state index is 0.150. The molecule has 0 saturated heterocycles. The predicted molar refractivity (Wildman–Crippen MR) is 127 cm³/mol. The Kier molecular flexibility index (Phi) is 11.3. The Labute approximate surface area is 187 Å². The van der Waals surface area contributed by atoms with Gasteiger partial charge in [0.2, 0.25) is 0 Å². The van der Waals surface area contributed by atoms with Crippen molar-refractivity contribution in [2.24, 2.45) is 10.9 Å². The third kappa shape index (κ3) is 9.53. The Morgan fingerprint density at radius 1 is 1.16 bits per heavy atom. The van der Waals surface area contributed by atoms with Gasteiger partial charge in [0.15, 0.2) is 0 Å². The van der Waals surface area contributed by atoms with Gasteiger partial charge >= 0.3 is 11.9 Å². The second-order valence-electron chi connectivity index (χ2n) is 8.96. The van der Waals surface area contributed by atoms with Crippen LogP contribution in [0.2, 0.25) is 0 Å². The lowest BCUT2D eigenvalue weighted by atomic mass is 9.95. The van der Waals surface area contributed by atoms with E-state index in [0.29, 0.717) is 30.1 Å². The number of benzene rings is 1. The molecule has 1 rings (SSSR count). The lowest BCUT2D eigenvalue weighted by molar-refractivity contribution is -0.154. The number of nitrogens with two attached hydrogens (primary N) is 1. The first kappa shape index (κ1) is 26.7. The molecule has 31 heavy (non-hydrogen) atoms. The molecule has 6 heteroatoms. The van der Waals surface area contributed by atoms with Gasteiger partial charge in [-0.05, 0) is 70.1 Å². The van der Waals surface area contributed by atoms with E-state index < -0.39 is 5.60 Å². The molecule has 0 radical (unpaired) electrons. The fourth-order valence-electron chi connectivity index (χ4n) is 3.61. The van der Waals surface area contributed by atoms with E-state index in [1.165, 1.54) is 7.11 Å². The summed E-state index contributed by atoms with van der Waals surface area (Å²) in [6.45, 7) is 10.5. The van der Waals surface area contributed by atoms with Gasteiger partial charge in [0, 0.05) is 30.4 Å². The molecule has 2 N–H and O–H groups in total. The first-order chi connectivity index (χ1) is 14.6. The Morgan fingerprint density at radius 3 is 2.45 bits per heavy atom. The summed E-state index contributed by atoms with van der Waals surface area (Å²) in [5.74, 6) is -0.115. The van der Waals surface area contributed by atoms with Crippen LogP contribution in [0.5, 0.6) is 0 Å². The van der Waals surface area contributed by atoms with Crippen LogP contribution in [-0.4, -0.2) is 37.4 Å². The minimum Gasteiger partial charge on any atom is -0.465 e. The highest BCUT2D eigenvalue weighted by molar-refractivity contribution is 5.98. The van der Waals surface area contributed by atoms with Crippen LogP contribution in [0.1, 0.15) is 94.6 Å². The highest BCUT2D eigenvalue weighted by Gasteiger charge is 2.18. The quantitative estimate of drug-likeness (QED) is 0.273. The van der Waals surface area contributed by atoms with Crippen LogP contribution >= 0.6 is 0 Å². The van der Waals surface area contributed by atoms with Crippen molar-refractivity contribution in [1.82, 2.24) is 0 Å². The number of anilines is 1. The summed E-state index contributed by atoms with van der Waals surface area (Å²) in [7, 11) is 1.38. The maximum Gasteiger partial charge on any atom is 0.338 e. The Hall–Kier alpha value is -2.37. The molecule has 0 bridgehead atoms. The number of hydrogen-bond donors (Lipinski definition) is 1. The summed E-state index contributed by atoms with van der Waals surface area (Å²) >= 11 is 0. The highest BCUT2D eigenvalue weighted by atomic mass is 16.6. The van der Waals surface area contributed by atoms with Crippen molar-refractivity contribution in [2.75, 3.05) is 19.4 Å². The van der Waals surface area contributed by atoms with E-state index >= 15 is 0 Å². The van der Waals surface area contributed by atoms with Crippen LogP contribution in [0, 0.1) is 5.92 Å². The van der Waals surface area contributed by atoms with Crippen LogP contribution in [0.3, 0.4) is 0 Å². The maximum absolute atomic E-state index is 12.2. The van der Waals surface area contributed by atoms with Gasteiger partial charge in [0.25, 0.3) is 0 Å². The van der Waals surface area contributed by atoms with Gasteiger partial charge in [-0.1, -0.05) is 26.7 Å².